The second kappa shape index (κ2) is 4.31. The number of thiazole rings is 1. The lowest BCUT2D eigenvalue weighted by Gasteiger charge is -1.98. The summed E-state index contributed by atoms with van der Waals surface area (Å²) in [5, 5.41) is 0. The van der Waals surface area contributed by atoms with E-state index in [4.69, 9.17) is 11.6 Å². The van der Waals surface area contributed by atoms with Gasteiger partial charge in [-0.15, -0.1) is 11.3 Å². The third kappa shape index (κ3) is 2.13. The van der Waals surface area contributed by atoms with Gasteiger partial charge in [0.25, 0.3) is 0 Å². The largest absolute Gasteiger partial charge is 0.293 e. The van der Waals surface area contributed by atoms with Crippen LogP contribution in [0.15, 0.2) is 24.3 Å². The zero-order valence-electron chi connectivity index (χ0n) is 8.33. The number of Topliss-reactive ketones (excluding diaryl/α,β-unsaturated/α-hetero) is 1. The molecule has 0 aliphatic rings. The highest BCUT2D eigenvalue weighted by molar-refractivity contribution is 7.19. The van der Waals surface area contributed by atoms with E-state index in [0.717, 1.165) is 5.56 Å². The van der Waals surface area contributed by atoms with Crippen LogP contribution in [0.3, 0.4) is 0 Å². The quantitative estimate of drug-likeness (QED) is 0.764. The summed E-state index contributed by atoms with van der Waals surface area (Å²) in [5.74, 6) is -0.466. The summed E-state index contributed by atoms with van der Waals surface area (Å²) in [6.45, 7) is 1.43. The SMILES string of the molecule is CC(=O)c1nc(Cl)sc1-c1ccc(F)cc1. The molecule has 0 radical (unpaired) electrons. The molecule has 0 fully saturated rings. The summed E-state index contributed by atoms with van der Waals surface area (Å²) in [5.41, 5.74) is 1.08. The zero-order chi connectivity index (χ0) is 11.7. The number of hydrogen-bond donors (Lipinski definition) is 0. The highest BCUT2D eigenvalue weighted by Gasteiger charge is 2.15. The van der Waals surface area contributed by atoms with Gasteiger partial charge < -0.3 is 0 Å². The second-order valence-corrected chi connectivity index (χ2v) is 4.79. The van der Waals surface area contributed by atoms with Gasteiger partial charge >= 0.3 is 0 Å². The fourth-order valence-electron chi connectivity index (χ4n) is 1.33. The lowest BCUT2D eigenvalue weighted by Crippen LogP contribution is -1.94. The first-order valence-electron chi connectivity index (χ1n) is 4.51. The number of nitrogens with zero attached hydrogens (tertiary/aromatic N) is 1. The lowest BCUT2D eigenvalue weighted by atomic mass is 10.1. The highest BCUT2D eigenvalue weighted by atomic mass is 35.5. The molecule has 5 heteroatoms. The van der Waals surface area contributed by atoms with Gasteiger partial charge in [0.1, 0.15) is 11.5 Å². The number of ketones is 1. The third-order valence-corrected chi connectivity index (χ3v) is 3.25. The van der Waals surface area contributed by atoms with Gasteiger partial charge in [-0.3, -0.25) is 4.79 Å². The summed E-state index contributed by atoms with van der Waals surface area (Å²) in [6, 6.07) is 5.89. The molecule has 0 atom stereocenters. The zero-order valence-corrected chi connectivity index (χ0v) is 9.90. The van der Waals surface area contributed by atoms with E-state index in [1.165, 1.54) is 30.4 Å². The Bertz CT molecular complexity index is 535. The van der Waals surface area contributed by atoms with Crippen molar-refractivity contribution in [2.24, 2.45) is 0 Å². The third-order valence-electron chi connectivity index (χ3n) is 2.04. The molecule has 82 valence electrons. The maximum absolute atomic E-state index is 12.8. The Morgan fingerprint density at radius 3 is 2.56 bits per heavy atom. The molecule has 16 heavy (non-hydrogen) atoms. The number of aromatic nitrogens is 1. The summed E-state index contributed by atoms with van der Waals surface area (Å²) in [7, 11) is 0. The summed E-state index contributed by atoms with van der Waals surface area (Å²) in [6.07, 6.45) is 0. The normalized spacial score (nSPS) is 10.4. The topological polar surface area (TPSA) is 30.0 Å². The first kappa shape index (κ1) is 11.2. The average molecular weight is 256 g/mol. The van der Waals surface area contributed by atoms with E-state index in [2.05, 4.69) is 4.98 Å². The number of benzene rings is 1. The standard InChI is InChI=1S/C11H7ClFNOS/c1-6(15)9-10(16-11(12)14-9)7-2-4-8(13)5-3-7/h2-5H,1H3. The van der Waals surface area contributed by atoms with E-state index in [9.17, 15) is 9.18 Å². The molecular formula is C11H7ClFNOS. The van der Waals surface area contributed by atoms with Gasteiger partial charge in [-0.2, -0.15) is 0 Å². The average Bonchev–Trinajstić information content (AvgIpc) is 2.61. The fourth-order valence-corrected chi connectivity index (χ4v) is 2.49. The summed E-state index contributed by atoms with van der Waals surface area (Å²) in [4.78, 5) is 16.0. The molecule has 0 N–H and O–H groups in total. The molecule has 2 aromatic rings. The Morgan fingerprint density at radius 1 is 1.38 bits per heavy atom. The van der Waals surface area contributed by atoms with Crippen molar-refractivity contribution in [1.82, 2.24) is 4.98 Å². The van der Waals surface area contributed by atoms with Gasteiger partial charge in [-0.1, -0.05) is 23.7 Å². The van der Waals surface area contributed by atoms with Crippen LogP contribution in [0.4, 0.5) is 4.39 Å². The van der Waals surface area contributed by atoms with Gasteiger partial charge in [0.15, 0.2) is 10.3 Å². The first-order valence-corrected chi connectivity index (χ1v) is 5.70. The Kier molecular flexibility index (Phi) is 3.03. The minimum Gasteiger partial charge on any atom is -0.293 e. The van der Waals surface area contributed by atoms with Crippen molar-refractivity contribution in [2.45, 2.75) is 6.92 Å². The van der Waals surface area contributed by atoms with E-state index < -0.39 is 0 Å². The van der Waals surface area contributed by atoms with Crippen LogP contribution < -0.4 is 0 Å². The molecule has 0 aliphatic heterocycles. The van der Waals surface area contributed by atoms with E-state index in [1.807, 2.05) is 0 Å². The van der Waals surface area contributed by atoms with Crippen LogP contribution >= 0.6 is 22.9 Å². The Hall–Kier alpha value is -1.26. The van der Waals surface area contributed by atoms with Crippen molar-refractivity contribution in [3.05, 3.63) is 40.2 Å². The van der Waals surface area contributed by atoms with Gasteiger partial charge in [0, 0.05) is 6.92 Å². The van der Waals surface area contributed by atoms with Crippen LogP contribution in [-0.2, 0) is 0 Å². The first-order chi connectivity index (χ1) is 7.58. The predicted octanol–water partition coefficient (Wildman–Crippen LogP) is 3.81. The van der Waals surface area contributed by atoms with Crippen molar-refractivity contribution in [2.75, 3.05) is 0 Å². The molecule has 0 saturated heterocycles. The maximum Gasteiger partial charge on any atom is 0.184 e. The van der Waals surface area contributed by atoms with Crippen molar-refractivity contribution in [3.8, 4) is 10.4 Å². The molecule has 0 aliphatic carbocycles. The molecule has 0 unspecified atom stereocenters. The van der Waals surface area contributed by atoms with E-state index >= 15 is 0 Å². The van der Waals surface area contributed by atoms with Crippen LogP contribution in [0.1, 0.15) is 17.4 Å². The molecule has 0 bridgehead atoms. The monoisotopic (exact) mass is 255 g/mol. The van der Waals surface area contributed by atoms with Gasteiger partial charge in [0.2, 0.25) is 0 Å². The van der Waals surface area contributed by atoms with Gasteiger partial charge in [0.05, 0.1) is 4.88 Å². The molecule has 2 rings (SSSR count). The minimum absolute atomic E-state index is 0.150. The second-order valence-electron chi connectivity index (χ2n) is 3.21. The molecule has 1 aromatic heterocycles. The van der Waals surface area contributed by atoms with Crippen molar-refractivity contribution in [3.63, 3.8) is 0 Å². The Balaban J connectivity index is 2.55. The van der Waals surface area contributed by atoms with Crippen LogP contribution in [0, 0.1) is 5.82 Å². The van der Waals surface area contributed by atoms with E-state index in [-0.39, 0.29) is 11.6 Å². The maximum atomic E-state index is 12.8. The fraction of sp³-hybridized carbons (Fsp3) is 0.0909. The van der Waals surface area contributed by atoms with Crippen LogP contribution in [0.25, 0.3) is 10.4 Å². The van der Waals surface area contributed by atoms with Crippen LogP contribution in [-0.4, -0.2) is 10.8 Å². The number of halogens is 2. The molecule has 0 spiro atoms. The van der Waals surface area contributed by atoms with E-state index in [1.54, 1.807) is 12.1 Å². The molecule has 0 amide bonds. The Morgan fingerprint density at radius 2 is 2.00 bits per heavy atom. The van der Waals surface area contributed by atoms with Crippen molar-refractivity contribution >= 4 is 28.7 Å². The predicted molar refractivity (Wildman–Crippen MR) is 62.5 cm³/mol. The Labute approximate surface area is 101 Å². The van der Waals surface area contributed by atoms with Gasteiger partial charge in [-0.25, -0.2) is 9.37 Å². The van der Waals surface area contributed by atoms with Crippen molar-refractivity contribution < 1.29 is 9.18 Å². The highest BCUT2D eigenvalue weighted by Crippen LogP contribution is 2.33. The molecule has 1 heterocycles. The van der Waals surface area contributed by atoms with Gasteiger partial charge in [-0.05, 0) is 17.7 Å². The molecular weight excluding hydrogens is 249 g/mol. The summed E-state index contributed by atoms with van der Waals surface area (Å²) < 4.78 is 13.1. The lowest BCUT2D eigenvalue weighted by molar-refractivity contribution is 0.101. The number of carbonyl (C=O) groups is 1. The molecule has 2 nitrogen and oxygen atoms in total. The smallest absolute Gasteiger partial charge is 0.184 e. The van der Waals surface area contributed by atoms with Crippen LogP contribution in [0.5, 0.6) is 0 Å². The van der Waals surface area contributed by atoms with Crippen molar-refractivity contribution in [1.29, 1.82) is 0 Å². The summed E-state index contributed by atoms with van der Waals surface area (Å²) >= 11 is 6.98. The van der Waals surface area contributed by atoms with E-state index in [0.29, 0.717) is 15.0 Å². The number of rotatable bonds is 2. The minimum atomic E-state index is -0.316. The molecule has 1 aromatic carbocycles. The molecule has 0 saturated carbocycles. The number of carbonyl (C=O) groups excluding carboxylic acids is 1. The number of hydrogen-bond acceptors (Lipinski definition) is 3. The van der Waals surface area contributed by atoms with Crippen LogP contribution in [0.2, 0.25) is 4.47 Å².